The number of para-hydroxylation sites is 2. The molecule has 0 saturated carbocycles. The third-order valence-electron chi connectivity index (χ3n) is 8.37. The van der Waals surface area contributed by atoms with Crippen LogP contribution in [0.15, 0.2) is 65.5 Å². The molecule has 5 heterocycles. The molecule has 9 heteroatoms. The highest BCUT2D eigenvalue weighted by Gasteiger charge is 2.35. The number of carboxylic acids is 1. The van der Waals surface area contributed by atoms with Crippen LogP contribution in [0.1, 0.15) is 23.2 Å². The summed E-state index contributed by atoms with van der Waals surface area (Å²) in [5.74, 6) is 0.560. The van der Waals surface area contributed by atoms with Gasteiger partial charge in [-0.05, 0) is 67.7 Å². The van der Waals surface area contributed by atoms with Crippen LogP contribution in [-0.2, 0) is 0 Å². The van der Waals surface area contributed by atoms with Gasteiger partial charge in [0.1, 0.15) is 17.1 Å². The summed E-state index contributed by atoms with van der Waals surface area (Å²) < 4.78 is 5.72. The molecule has 0 aliphatic carbocycles. The van der Waals surface area contributed by atoms with Gasteiger partial charge < -0.3 is 30.0 Å². The van der Waals surface area contributed by atoms with Crippen LogP contribution in [0.2, 0.25) is 0 Å². The predicted octanol–water partition coefficient (Wildman–Crippen LogP) is 4.95. The summed E-state index contributed by atoms with van der Waals surface area (Å²) in [6.45, 7) is 3.13. The highest BCUT2D eigenvalue weighted by Crippen LogP contribution is 2.40. The van der Waals surface area contributed by atoms with Gasteiger partial charge in [0.25, 0.3) is 5.56 Å². The van der Waals surface area contributed by atoms with E-state index in [9.17, 15) is 14.7 Å². The SMILES string of the molecule is COc1cc2[nH]c(=O)c(-c3nc4ccccc4[nH]3)c(N[C@H]3CN4CCC3CC4)c2cc1-c1cccc(C(=O)O)c1. The van der Waals surface area contributed by atoms with Gasteiger partial charge in [0.05, 0.1) is 34.9 Å². The van der Waals surface area contributed by atoms with E-state index in [4.69, 9.17) is 9.72 Å². The minimum absolute atomic E-state index is 0.190. The summed E-state index contributed by atoms with van der Waals surface area (Å²) in [6, 6.07) is 18.5. The molecule has 0 radical (unpaired) electrons. The number of benzene rings is 3. The fourth-order valence-electron chi connectivity index (χ4n) is 6.30. The van der Waals surface area contributed by atoms with Crippen LogP contribution in [0.5, 0.6) is 5.75 Å². The van der Waals surface area contributed by atoms with E-state index in [-0.39, 0.29) is 17.2 Å². The number of aromatic amines is 2. The van der Waals surface area contributed by atoms with Crippen molar-refractivity contribution >= 4 is 33.6 Å². The Morgan fingerprint density at radius 2 is 1.88 bits per heavy atom. The number of hydrogen-bond donors (Lipinski definition) is 4. The highest BCUT2D eigenvalue weighted by molar-refractivity contribution is 6.02. The number of anilines is 1. The lowest BCUT2D eigenvalue weighted by Gasteiger charge is -2.45. The number of piperidine rings is 3. The van der Waals surface area contributed by atoms with E-state index in [2.05, 4.69) is 20.2 Å². The number of H-pyrrole nitrogens is 2. The fraction of sp³-hybridized carbons (Fsp3) is 0.258. The fourth-order valence-corrected chi connectivity index (χ4v) is 6.30. The van der Waals surface area contributed by atoms with Crippen molar-refractivity contribution in [3.05, 3.63) is 76.6 Å². The monoisotopic (exact) mass is 535 g/mol. The van der Waals surface area contributed by atoms with E-state index < -0.39 is 5.97 Å². The molecular formula is C31H29N5O4. The number of carboxylic acid groups (broad SMARTS) is 1. The first-order valence-corrected chi connectivity index (χ1v) is 13.5. The van der Waals surface area contributed by atoms with E-state index in [1.54, 1.807) is 25.3 Å². The van der Waals surface area contributed by atoms with Gasteiger partial charge >= 0.3 is 5.97 Å². The summed E-state index contributed by atoms with van der Waals surface area (Å²) in [6.07, 6.45) is 2.25. The summed E-state index contributed by atoms with van der Waals surface area (Å²) in [5, 5.41) is 14.2. The first-order chi connectivity index (χ1) is 19.5. The average Bonchev–Trinajstić information content (AvgIpc) is 3.41. The lowest BCUT2D eigenvalue weighted by Crippen LogP contribution is -2.53. The Balaban J connectivity index is 1.47. The molecule has 3 fully saturated rings. The maximum atomic E-state index is 13.7. The number of carbonyl (C=O) groups is 1. The largest absolute Gasteiger partial charge is 0.496 e. The summed E-state index contributed by atoms with van der Waals surface area (Å²) in [5.41, 5.74) is 4.82. The maximum absolute atomic E-state index is 13.7. The van der Waals surface area contributed by atoms with Gasteiger partial charge in [-0.15, -0.1) is 0 Å². The Morgan fingerprint density at radius 3 is 2.60 bits per heavy atom. The van der Waals surface area contributed by atoms with Crippen molar-refractivity contribution in [1.82, 2.24) is 19.9 Å². The lowest BCUT2D eigenvalue weighted by atomic mass is 9.83. The Morgan fingerprint density at radius 1 is 1.05 bits per heavy atom. The molecule has 0 unspecified atom stereocenters. The molecule has 3 saturated heterocycles. The van der Waals surface area contributed by atoms with E-state index in [0.717, 1.165) is 60.1 Å². The second-order valence-corrected chi connectivity index (χ2v) is 10.7. The molecule has 202 valence electrons. The number of hydrogen-bond acceptors (Lipinski definition) is 6. The van der Waals surface area contributed by atoms with E-state index in [1.807, 2.05) is 42.5 Å². The topological polar surface area (TPSA) is 123 Å². The molecule has 3 aliphatic rings. The van der Waals surface area contributed by atoms with E-state index in [1.165, 1.54) is 0 Å². The van der Waals surface area contributed by atoms with E-state index >= 15 is 0 Å². The first-order valence-electron chi connectivity index (χ1n) is 13.5. The quantitative estimate of drug-likeness (QED) is 0.243. The zero-order valence-corrected chi connectivity index (χ0v) is 22.0. The summed E-state index contributed by atoms with van der Waals surface area (Å²) in [4.78, 5) is 39.1. The average molecular weight is 536 g/mol. The van der Waals surface area contributed by atoms with E-state index in [0.29, 0.717) is 34.1 Å². The first kappa shape index (κ1) is 24.4. The van der Waals surface area contributed by atoms with Crippen LogP contribution in [-0.4, -0.2) is 63.7 Å². The third kappa shape index (κ3) is 4.10. The van der Waals surface area contributed by atoms with Crippen molar-refractivity contribution in [2.75, 3.05) is 32.1 Å². The number of pyridine rings is 1. The number of nitrogens with zero attached hydrogens (tertiary/aromatic N) is 2. The molecule has 1 atom stereocenters. The number of fused-ring (bicyclic) bond motifs is 5. The molecule has 4 N–H and O–H groups in total. The van der Waals surface area contributed by atoms with Crippen LogP contribution < -0.4 is 15.6 Å². The second-order valence-electron chi connectivity index (χ2n) is 10.7. The molecule has 0 amide bonds. The number of imidazole rings is 1. The maximum Gasteiger partial charge on any atom is 0.335 e. The molecule has 0 spiro atoms. The van der Waals surface area contributed by atoms with Crippen molar-refractivity contribution in [2.24, 2.45) is 5.92 Å². The number of ether oxygens (including phenoxy) is 1. The van der Waals surface area contributed by atoms with Crippen molar-refractivity contribution in [1.29, 1.82) is 0 Å². The highest BCUT2D eigenvalue weighted by atomic mass is 16.5. The van der Waals surface area contributed by atoms with Crippen LogP contribution in [0, 0.1) is 5.92 Å². The molecule has 8 rings (SSSR count). The Labute approximate surface area is 229 Å². The van der Waals surface area contributed by atoms with Crippen LogP contribution in [0.4, 0.5) is 5.69 Å². The number of aromatic carboxylic acids is 1. The summed E-state index contributed by atoms with van der Waals surface area (Å²) in [7, 11) is 1.57. The summed E-state index contributed by atoms with van der Waals surface area (Å²) >= 11 is 0. The normalized spacial score (nSPS) is 20.2. The molecule has 5 aromatic rings. The van der Waals surface area contributed by atoms with Crippen molar-refractivity contribution in [2.45, 2.75) is 18.9 Å². The minimum Gasteiger partial charge on any atom is -0.496 e. The van der Waals surface area contributed by atoms with Crippen molar-refractivity contribution < 1.29 is 14.6 Å². The number of rotatable bonds is 6. The minimum atomic E-state index is -0.997. The number of methoxy groups -OCH3 is 1. The number of aromatic nitrogens is 3. The predicted molar refractivity (Wildman–Crippen MR) is 155 cm³/mol. The smallest absolute Gasteiger partial charge is 0.335 e. The molecule has 9 nitrogen and oxygen atoms in total. The zero-order valence-electron chi connectivity index (χ0n) is 22.0. The van der Waals surface area contributed by atoms with Gasteiger partial charge in [0, 0.05) is 29.6 Å². The van der Waals surface area contributed by atoms with Crippen molar-refractivity contribution in [3.63, 3.8) is 0 Å². The molecule has 2 aromatic heterocycles. The van der Waals surface area contributed by atoms with Crippen LogP contribution in [0.3, 0.4) is 0 Å². The zero-order chi connectivity index (χ0) is 27.4. The number of nitrogens with one attached hydrogen (secondary N) is 3. The Bertz CT molecular complexity index is 1800. The van der Waals surface area contributed by atoms with Crippen molar-refractivity contribution in [3.8, 4) is 28.3 Å². The van der Waals surface area contributed by atoms with Gasteiger partial charge in [0.15, 0.2) is 0 Å². The van der Waals surface area contributed by atoms with Gasteiger partial charge in [0.2, 0.25) is 0 Å². The van der Waals surface area contributed by atoms with Crippen LogP contribution in [0.25, 0.3) is 44.5 Å². The standard InChI is InChI=1S/C31H29N5O4/c1-40-26-15-24-21(14-20(26)18-5-4-6-19(13-18)31(38)39)28(32-25-16-36-11-9-17(25)10-12-36)27(30(37)35-24)29-33-22-7-2-3-8-23(22)34-29/h2-8,13-15,17,25H,9-12,16H2,1H3,(H,33,34)(H,38,39)(H2,32,35,37)/t25-/m0/s1. The second kappa shape index (κ2) is 9.53. The third-order valence-corrected chi connectivity index (χ3v) is 8.37. The molecule has 3 aromatic carbocycles. The molecule has 40 heavy (non-hydrogen) atoms. The van der Waals surface area contributed by atoms with Gasteiger partial charge in [-0.3, -0.25) is 4.79 Å². The lowest BCUT2D eigenvalue weighted by molar-refractivity contribution is 0.0697. The van der Waals surface area contributed by atoms with Gasteiger partial charge in [-0.1, -0.05) is 24.3 Å². The van der Waals surface area contributed by atoms with Crippen LogP contribution >= 0.6 is 0 Å². The van der Waals surface area contributed by atoms with Gasteiger partial charge in [-0.25, -0.2) is 9.78 Å². The molecule has 3 aliphatic heterocycles. The Kier molecular flexibility index (Phi) is 5.82. The Hall–Kier alpha value is -4.63. The molecule has 2 bridgehead atoms. The van der Waals surface area contributed by atoms with Gasteiger partial charge in [-0.2, -0.15) is 0 Å². The molecular weight excluding hydrogens is 506 g/mol.